The lowest BCUT2D eigenvalue weighted by Gasteiger charge is -2.27. The number of hydrogen-bond donors (Lipinski definition) is 1. The molecule has 0 amide bonds. The third-order valence-electron chi connectivity index (χ3n) is 4.73. The first-order valence-electron chi connectivity index (χ1n) is 7.78. The lowest BCUT2D eigenvalue weighted by atomic mass is 9.88. The van der Waals surface area contributed by atoms with Crippen molar-refractivity contribution < 1.29 is 4.74 Å². The Kier molecular flexibility index (Phi) is 3.79. The smallest absolute Gasteiger partial charge is 0.124 e. The maximum atomic E-state index is 5.82. The minimum absolute atomic E-state index is 0.473. The summed E-state index contributed by atoms with van der Waals surface area (Å²) in [5, 5.41) is 3.70. The molecule has 0 aliphatic heterocycles. The minimum atomic E-state index is 0.473. The highest BCUT2D eigenvalue weighted by Crippen LogP contribution is 2.57. The molecule has 0 radical (unpaired) electrons. The van der Waals surface area contributed by atoms with Crippen molar-refractivity contribution in [3.63, 3.8) is 0 Å². The van der Waals surface area contributed by atoms with Gasteiger partial charge in [-0.3, -0.25) is 0 Å². The van der Waals surface area contributed by atoms with Crippen molar-refractivity contribution in [2.45, 2.75) is 39.2 Å². The number of benzene rings is 1. The van der Waals surface area contributed by atoms with Gasteiger partial charge in [0, 0.05) is 11.6 Å². The van der Waals surface area contributed by atoms with Crippen LogP contribution in [0.1, 0.15) is 44.7 Å². The third-order valence-corrected chi connectivity index (χ3v) is 4.73. The largest absolute Gasteiger partial charge is 0.494 e. The summed E-state index contributed by atoms with van der Waals surface area (Å²) in [5.74, 6) is 3.93. The molecule has 2 heteroatoms. The van der Waals surface area contributed by atoms with Crippen LogP contribution in [0.2, 0.25) is 0 Å². The standard InChI is InChI=1S/C17H25NO/c1-3-18-17(14-10-12-9-13(12)11-14)15-7-5-6-8-16(15)19-4-2/h5-8,12-14,17-18H,3-4,9-11H2,1-2H3. The van der Waals surface area contributed by atoms with Gasteiger partial charge in [-0.25, -0.2) is 0 Å². The van der Waals surface area contributed by atoms with Gasteiger partial charge in [0.1, 0.15) is 5.75 Å². The van der Waals surface area contributed by atoms with E-state index in [0.29, 0.717) is 6.04 Å². The van der Waals surface area contributed by atoms with Crippen molar-refractivity contribution in [1.82, 2.24) is 5.32 Å². The molecule has 1 N–H and O–H groups in total. The van der Waals surface area contributed by atoms with Gasteiger partial charge in [-0.1, -0.05) is 25.1 Å². The maximum Gasteiger partial charge on any atom is 0.124 e. The number of hydrogen-bond acceptors (Lipinski definition) is 2. The van der Waals surface area contributed by atoms with E-state index in [9.17, 15) is 0 Å². The molecule has 2 nitrogen and oxygen atoms in total. The van der Waals surface area contributed by atoms with Gasteiger partial charge in [0.25, 0.3) is 0 Å². The monoisotopic (exact) mass is 259 g/mol. The first-order chi connectivity index (χ1) is 9.33. The summed E-state index contributed by atoms with van der Waals surface area (Å²) in [7, 11) is 0. The molecule has 0 spiro atoms. The molecule has 2 saturated carbocycles. The zero-order valence-corrected chi connectivity index (χ0v) is 12.1. The Balaban J connectivity index is 1.82. The van der Waals surface area contributed by atoms with Crippen LogP contribution in [0, 0.1) is 17.8 Å². The molecule has 0 aromatic heterocycles. The van der Waals surface area contributed by atoms with Gasteiger partial charge in [-0.05, 0) is 56.6 Å². The van der Waals surface area contributed by atoms with E-state index in [1.165, 1.54) is 24.8 Å². The Hall–Kier alpha value is -1.02. The predicted octanol–water partition coefficient (Wildman–Crippen LogP) is 3.78. The average molecular weight is 259 g/mol. The molecule has 2 aliphatic rings. The molecule has 19 heavy (non-hydrogen) atoms. The summed E-state index contributed by atoms with van der Waals surface area (Å²) in [6.07, 6.45) is 4.30. The van der Waals surface area contributed by atoms with Gasteiger partial charge >= 0.3 is 0 Å². The Labute approximate surface area is 116 Å². The molecule has 2 fully saturated rings. The van der Waals surface area contributed by atoms with Crippen molar-refractivity contribution in [3.8, 4) is 5.75 Å². The van der Waals surface area contributed by atoms with Crippen LogP contribution in [0.4, 0.5) is 0 Å². The first-order valence-corrected chi connectivity index (χ1v) is 7.78. The van der Waals surface area contributed by atoms with E-state index in [0.717, 1.165) is 36.7 Å². The molecule has 0 saturated heterocycles. The van der Waals surface area contributed by atoms with E-state index in [4.69, 9.17) is 4.74 Å². The minimum Gasteiger partial charge on any atom is -0.494 e. The van der Waals surface area contributed by atoms with E-state index in [-0.39, 0.29) is 0 Å². The van der Waals surface area contributed by atoms with Crippen LogP contribution in [0.25, 0.3) is 0 Å². The summed E-state index contributed by atoms with van der Waals surface area (Å²) in [4.78, 5) is 0. The molecule has 3 unspecified atom stereocenters. The fourth-order valence-corrected chi connectivity index (χ4v) is 3.81. The molecule has 3 atom stereocenters. The van der Waals surface area contributed by atoms with Crippen molar-refractivity contribution >= 4 is 0 Å². The molecule has 3 rings (SSSR count). The number of ether oxygens (including phenoxy) is 1. The Morgan fingerprint density at radius 1 is 1.16 bits per heavy atom. The third kappa shape index (κ3) is 2.64. The molecule has 1 aromatic carbocycles. The van der Waals surface area contributed by atoms with Crippen LogP contribution in [-0.4, -0.2) is 13.2 Å². The molecule has 2 aliphatic carbocycles. The van der Waals surface area contributed by atoms with E-state index in [1.54, 1.807) is 0 Å². The number of fused-ring (bicyclic) bond motifs is 1. The Bertz CT molecular complexity index is 421. The fourth-order valence-electron chi connectivity index (χ4n) is 3.81. The Morgan fingerprint density at radius 3 is 2.58 bits per heavy atom. The molecular weight excluding hydrogens is 234 g/mol. The molecule has 0 bridgehead atoms. The molecular formula is C17H25NO. The summed E-state index contributed by atoms with van der Waals surface area (Å²) < 4.78 is 5.82. The topological polar surface area (TPSA) is 21.3 Å². The maximum absolute atomic E-state index is 5.82. The van der Waals surface area contributed by atoms with Gasteiger partial charge in [0.2, 0.25) is 0 Å². The van der Waals surface area contributed by atoms with E-state index < -0.39 is 0 Å². The van der Waals surface area contributed by atoms with Crippen LogP contribution in [0.3, 0.4) is 0 Å². The zero-order valence-electron chi connectivity index (χ0n) is 12.1. The van der Waals surface area contributed by atoms with Crippen LogP contribution in [-0.2, 0) is 0 Å². The fraction of sp³-hybridized carbons (Fsp3) is 0.647. The highest BCUT2D eigenvalue weighted by Gasteiger charge is 2.48. The number of para-hydroxylation sites is 1. The Morgan fingerprint density at radius 2 is 1.89 bits per heavy atom. The summed E-state index contributed by atoms with van der Waals surface area (Å²) in [5.41, 5.74) is 1.36. The highest BCUT2D eigenvalue weighted by atomic mass is 16.5. The lowest BCUT2D eigenvalue weighted by molar-refractivity contribution is 0.307. The normalized spacial score (nSPS) is 29.9. The average Bonchev–Trinajstić information content (AvgIpc) is 3.04. The van der Waals surface area contributed by atoms with Gasteiger partial charge in [-0.15, -0.1) is 0 Å². The van der Waals surface area contributed by atoms with Crippen LogP contribution >= 0.6 is 0 Å². The lowest BCUT2D eigenvalue weighted by Crippen LogP contribution is -2.28. The highest BCUT2D eigenvalue weighted by molar-refractivity contribution is 5.36. The van der Waals surface area contributed by atoms with Gasteiger partial charge < -0.3 is 10.1 Å². The molecule has 1 aromatic rings. The van der Waals surface area contributed by atoms with Crippen molar-refractivity contribution in [3.05, 3.63) is 29.8 Å². The second-order valence-electron chi connectivity index (χ2n) is 5.99. The summed E-state index contributed by atoms with van der Waals surface area (Å²) >= 11 is 0. The van der Waals surface area contributed by atoms with Crippen molar-refractivity contribution in [1.29, 1.82) is 0 Å². The van der Waals surface area contributed by atoms with Crippen LogP contribution in [0.15, 0.2) is 24.3 Å². The van der Waals surface area contributed by atoms with Gasteiger partial charge in [0.05, 0.1) is 6.61 Å². The van der Waals surface area contributed by atoms with Crippen LogP contribution in [0.5, 0.6) is 5.75 Å². The number of rotatable bonds is 6. The summed E-state index contributed by atoms with van der Waals surface area (Å²) in [6, 6.07) is 9.03. The van der Waals surface area contributed by atoms with Gasteiger partial charge in [0.15, 0.2) is 0 Å². The second kappa shape index (κ2) is 5.54. The first kappa shape index (κ1) is 13.0. The second-order valence-corrected chi connectivity index (χ2v) is 5.99. The van der Waals surface area contributed by atoms with E-state index >= 15 is 0 Å². The van der Waals surface area contributed by atoms with Gasteiger partial charge in [-0.2, -0.15) is 0 Å². The number of nitrogens with one attached hydrogen (secondary N) is 1. The van der Waals surface area contributed by atoms with Crippen molar-refractivity contribution in [2.75, 3.05) is 13.2 Å². The predicted molar refractivity (Wildman–Crippen MR) is 78.3 cm³/mol. The van der Waals surface area contributed by atoms with Crippen LogP contribution < -0.4 is 10.1 Å². The summed E-state index contributed by atoms with van der Waals surface area (Å²) in [6.45, 7) is 6.03. The molecule has 104 valence electrons. The zero-order chi connectivity index (χ0) is 13.2. The SMILES string of the molecule is CCNC(c1ccccc1OCC)C1CC2CC2C1. The molecule has 0 heterocycles. The quantitative estimate of drug-likeness (QED) is 0.839. The van der Waals surface area contributed by atoms with E-state index in [1.807, 2.05) is 0 Å². The van der Waals surface area contributed by atoms with E-state index in [2.05, 4.69) is 43.4 Å². The van der Waals surface area contributed by atoms with Crippen molar-refractivity contribution in [2.24, 2.45) is 17.8 Å².